The van der Waals surface area contributed by atoms with Gasteiger partial charge in [0.05, 0.1) is 15.9 Å². The van der Waals surface area contributed by atoms with E-state index >= 15 is 0 Å². The van der Waals surface area contributed by atoms with Crippen LogP contribution in [0.4, 0.5) is 0 Å². The van der Waals surface area contributed by atoms with E-state index in [0.717, 1.165) is 65.0 Å². The van der Waals surface area contributed by atoms with Crippen LogP contribution in [0.1, 0.15) is 5.56 Å². The Bertz CT molecular complexity index is 2500. The fourth-order valence-corrected chi connectivity index (χ4v) is 7.12. The molecule has 0 saturated carbocycles. The van der Waals surface area contributed by atoms with Crippen molar-refractivity contribution in [1.82, 2.24) is 24.9 Å². The van der Waals surface area contributed by atoms with Gasteiger partial charge in [-0.05, 0) is 17.2 Å². The Morgan fingerprint density at radius 3 is 1.65 bits per heavy atom. The van der Waals surface area contributed by atoms with E-state index in [1.54, 1.807) is 17.4 Å². The number of aromatic nitrogens is 5. The largest absolute Gasteiger partial charge is 0.226 e. The number of allylic oxidation sites excluding steroid dienone is 4. The van der Waals surface area contributed by atoms with Crippen LogP contribution in [0, 0.1) is 0 Å². The van der Waals surface area contributed by atoms with Crippen molar-refractivity contribution >= 4 is 37.2 Å². The maximum absolute atomic E-state index is 5.22. The molecule has 3 aromatic heterocycles. The first kappa shape index (κ1) is 30.0. The summed E-state index contributed by atoms with van der Waals surface area (Å²) < 4.78 is 2.11. The SMILES string of the molecule is C=C/C=C(\C=C)c1ccc(-c2nc(-c3ccccc3)nc(-c3cccc4sc5c(-c6ccccc6)nc(-c6ccccc6)nc5c34)n2)cc1. The van der Waals surface area contributed by atoms with E-state index in [9.17, 15) is 0 Å². The molecule has 0 atom stereocenters. The third-order valence-electron chi connectivity index (χ3n) is 8.32. The summed E-state index contributed by atoms with van der Waals surface area (Å²) in [7, 11) is 0. The number of hydrogen-bond donors (Lipinski definition) is 0. The standard InChI is InChI=1S/C43H29N5S/c1-3-15-28(4-2)29-24-26-33(27-25-29)42-46-41(32-20-12-7-13-21-32)47-43(48-42)34-22-14-23-35-36(34)38-39(49-35)37(30-16-8-5-9-17-30)44-40(45-38)31-18-10-6-11-19-31/h3-27H,1-2H2/b28-15+. The quantitative estimate of drug-likeness (QED) is 0.154. The summed E-state index contributed by atoms with van der Waals surface area (Å²) >= 11 is 1.69. The normalized spacial score (nSPS) is 11.6. The van der Waals surface area contributed by atoms with Crippen LogP contribution >= 0.6 is 11.3 Å². The molecule has 5 nitrogen and oxygen atoms in total. The van der Waals surface area contributed by atoms with E-state index in [-0.39, 0.29) is 0 Å². The van der Waals surface area contributed by atoms with Crippen molar-refractivity contribution < 1.29 is 0 Å². The predicted octanol–water partition coefficient (Wildman–Crippen LogP) is 11.1. The Kier molecular flexibility index (Phi) is 7.97. The van der Waals surface area contributed by atoms with Crippen LogP contribution in [0.5, 0.6) is 0 Å². The summed E-state index contributed by atoms with van der Waals surface area (Å²) in [5.41, 5.74) is 8.49. The molecule has 0 N–H and O–H groups in total. The average Bonchev–Trinajstić information content (AvgIpc) is 3.56. The first-order valence-corrected chi connectivity index (χ1v) is 16.7. The minimum atomic E-state index is 0.581. The Morgan fingerprint density at radius 2 is 1.06 bits per heavy atom. The second-order valence-corrected chi connectivity index (χ2v) is 12.5. The van der Waals surface area contributed by atoms with Gasteiger partial charge in [0.25, 0.3) is 0 Å². The van der Waals surface area contributed by atoms with Crippen molar-refractivity contribution in [2.75, 3.05) is 0 Å². The third kappa shape index (κ3) is 5.75. The molecule has 49 heavy (non-hydrogen) atoms. The topological polar surface area (TPSA) is 64.5 Å². The van der Waals surface area contributed by atoms with Crippen molar-refractivity contribution in [3.63, 3.8) is 0 Å². The first-order valence-electron chi connectivity index (χ1n) is 15.9. The van der Waals surface area contributed by atoms with Gasteiger partial charge in [0.1, 0.15) is 0 Å². The van der Waals surface area contributed by atoms with Gasteiger partial charge in [0, 0.05) is 37.9 Å². The lowest BCUT2D eigenvalue weighted by Crippen LogP contribution is -2.00. The molecular weight excluding hydrogens is 619 g/mol. The molecule has 0 radical (unpaired) electrons. The minimum Gasteiger partial charge on any atom is -0.226 e. The third-order valence-corrected chi connectivity index (χ3v) is 9.47. The molecule has 3 heterocycles. The summed E-state index contributed by atoms with van der Waals surface area (Å²) in [5, 5.41) is 0.996. The lowest BCUT2D eigenvalue weighted by Gasteiger charge is -2.10. The second-order valence-electron chi connectivity index (χ2n) is 11.4. The molecule has 8 aromatic rings. The first-order chi connectivity index (χ1) is 24.2. The Balaban J connectivity index is 1.37. The molecule has 5 aromatic carbocycles. The molecule has 0 aliphatic carbocycles. The van der Waals surface area contributed by atoms with Gasteiger partial charge in [-0.2, -0.15) is 0 Å². The summed E-state index contributed by atoms with van der Waals surface area (Å²) in [6, 6.07) is 44.9. The molecule has 0 aliphatic heterocycles. The second kappa shape index (κ2) is 13.0. The summed E-state index contributed by atoms with van der Waals surface area (Å²) in [4.78, 5) is 25.5. The molecule has 0 unspecified atom stereocenters. The molecule has 0 saturated heterocycles. The molecule has 0 fully saturated rings. The summed E-state index contributed by atoms with van der Waals surface area (Å²) in [6.45, 7) is 7.79. The summed E-state index contributed by atoms with van der Waals surface area (Å²) in [6.07, 6.45) is 5.53. The van der Waals surface area contributed by atoms with Gasteiger partial charge in [0.15, 0.2) is 23.3 Å². The zero-order valence-electron chi connectivity index (χ0n) is 26.5. The van der Waals surface area contributed by atoms with Gasteiger partial charge < -0.3 is 0 Å². The van der Waals surface area contributed by atoms with Gasteiger partial charge in [-0.15, -0.1) is 11.3 Å². The monoisotopic (exact) mass is 647 g/mol. The van der Waals surface area contributed by atoms with Crippen molar-refractivity contribution in [2.45, 2.75) is 0 Å². The van der Waals surface area contributed by atoms with Gasteiger partial charge in [-0.1, -0.05) is 159 Å². The molecule has 0 spiro atoms. The zero-order chi connectivity index (χ0) is 33.2. The molecule has 0 bridgehead atoms. The predicted molar refractivity (Wildman–Crippen MR) is 204 cm³/mol. The van der Waals surface area contributed by atoms with Crippen molar-refractivity contribution in [2.24, 2.45) is 0 Å². The van der Waals surface area contributed by atoms with Crippen LogP contribution in [0.3, 0.4) is 0 Å². The number of nitrogens with zero attached hydrogens (tertiary/aromatic N) is 5. The highest BCUT2D eigenvalue weighted by molar-refractivity contribution is 7.26. The van der Waals surface area contributed by atoms with Crippen LogP contribution in [0.15, 0.2) is 165 Å². The number of benzene rings is 5. The molecule has 6 heteroatoms. The van der Waals surface area contributed by atoms with Crippen molar-refractivity contribution in [3.8, 4) is 56.8 Å². The maximum Gasteiger partial charge on any atom is 0.164 e. The zero-order valence-corrected chi connectivity index (χ0v) is 27.3. The molecule has 8 rings (SSSR count). The van der Waals surface area contributed by atoms with E-state index < -0.39 is 0 Å². The maximum atomic E-state index is 5.22. The minimum absolute atomic E-state index is 0.581. The van der Waals surface area contributed by atoms with Crippen molar-refractivity contribution in [3.05, 3.63) is 170 Å². The summed E-state index contributed by atoms with van der Waals surface area (Å²) in [5.74, 6) is 2.44. The fourth-order valence-electron chi connectivity index (χ4n) is 5.94. The van der Waals surface area contributed by atoms with E-state index in [2.05, 4.69) is 55.6 Å². The molecule has 232 valence electrons. The smallest absolute Gasteiger partial charge is 0.164 e. The van der Waals surface area contributed by atoms with Gasteiger partial charge in [0.2, 0.25) is 0 Å². The Hall–Kier alpha value is -6.37. The van der Waals surface area contributed by atoms with Crippen LogP contribution in [-0.2, 0) is 0 Å². The van der Waals surface area contributed by atoms with Crippen LogP contribution in [-0.4, -0.2) is 24.9 Å². The number of hydrogen-bond acceptors (Lipinski definition) is 6. The number of fused-ring (bicyclic) bond motifs is 3. The van der Waals surface area contributed by atoms with Crippen molar-refractivity contribution in [1.29, 1.82) is 0 Å². The van der Waals surface area contributed by atoms with E-state index in [1.807, 2.05) is 103 Å². The average molecular weight is 648 g/mol. The van der Waals surface area contributed by atoms with Crippen LogP contribution in [0.2, 0.25) is 0 Å². The highest BCUT2D eigenvalue weighted by atomic mass is 32.1. The van der Waals surface area contributed by atoms with Crippen LogP contribution in [0.25, 0.3) is 82.7 Å². The number of rotatable bonds is 8. The van der Waals surface area contributed by atoms with Gasteiger partial charge in [-0.3, -0.25) is 0 Å². The van der Waals surface area contributed by atoms with Gasteiger partial charge in [-0.25, -0.2) is 24.9 Å². The lowest BCUT2D eigenvalue weighted by atomic mass is 10.0. The van der Waals surface area contributed by atoms with Crippen LogP contribution < -0.4 is 0 Å². The van der Waals surface area contributed by atoms with E-state index in [1.165, 1.54) is 0 Å². The number of thiophene rings is 1. The van der Waals surface area contributed by atoms with E-state index in [4.69, 9.17) is 24.9 Å². The lowest BCUT2D eigenvalue weighted by molar-refractivity contribution is 1.08. The Labute approximate surface area is 288 Å². The molecular formula is C43H29N5S. The molecule has 0 aliphatic rings. The highest BCUT2D eigenvalue weighted by Crippen LogP contribution is 2.43. The molecule has 0 amide bonds. The van der Waals surface area contributed by atoms with E-state index in [0.29, 0.717) is 23.3 Å². The van der Waals surface area contributed by atoms with Gasteiger partial charge >= 0.3 is 0 Å². The Morgan fingerprint density at radius 1 is 0.510 bits per heavy atom. The highest BCUT2D eigenvalue weighted by Gasteiger charge is 2.21. The fraction of sp³-hybridized carbons (Fsp3) is 0.